The molecule has 1 spiro atoms. The Morgan fingerprint density at radius 2 is 1.51 bits per heavy atom. The number of hydrogen-bond acceptors (Lipinski definition) is 5. The second-order valence-corrected chi connectivity index (χ2v) is 11.8. The number of piperidine rings is 1. The Morgan fingerprint density at radius 1 is 0.800 bits per heavy atom. The van der Waals surface area contributed by atoms with E-state index in [0.717, 1.165) is 71.2 Å². The average Bonchev–Trinajstić information content (AvgIpc) is 2.93. The van der Waals surface area contributed by atoms with Crippen LogP contribution in [0.2, 0.25) is 0 Å². The molecule has 0 amide bonds. The van der Waals surface area contributed by atoms with Crippen LogP contribution in [-0.4, -0.2) is 77.6 Å². The molecule has 2 saturated heterocycles. The van der Waals surface area contributed by atoms with Crippen LogP contribution >= 0.6 is 0 Å². The van der Waals surface area contributed by atoms with Crippen LogP contribution in [0.25, 0.3) is 0 Å². The third kappa shape index (κ3) is 5.99. The molecule has 1 aromatic carbocycles. The molecule has 0 aromatic heterocycles. The molecule has 2 aliphatic carbocycles. The van der Waals surface area contributed by atoms with Crippen molar-refractivity contribution in [3.8, 4) is 0 Å². The standard InChI is InChI=1S/C30H49N3O2/c1-34-23-22-31-18-20-33(21-19-31)29-7-6-26(32-16-10-27(35-2)11-17-32)24-28(29)25-8-14-30(15-9-25)12-4-3-5-13-30/h6-7,24-25,27H,3-5,8-23H2,1-2H3. The van der Waals surface area contributed by atoms with Gasteiger partial charge in [-0.15, -0.1) is 0 Å². The maximum absolute atomic E-state index is 5.64. The molecule has 2 heterocycles. The van der Waals surface area contributed by atoms with Gasteiger partial charge in [0, 0.05) is 71.4 Å². The Bertz CT molecular complexity index is 783. The lowest BCUT2D eigenvalue weighted by Crippen LogP contribution is -2.47. The van der Waals surface area contributed by atoms with Crippen LogP contribution in [0.1, 0.15) is 82.1 Å². The number of ether oxygens (including phenoxy) is 2. The largest absolute Gasteiger partial charge is 0.383 e. The number of rotatable bonds is 7. The van der Waals surface area contributed by atoms with E-state index in [1.54, 1.807) is 5.56 Å². The van der Waals surface area contributed by atoms with Crippen molar-refractivity contribution < 1.29 is 9.47 Å². The maximum Gasteiger partial charge on any atom is 0.0605 e. The van der Waals surface area contributed by atoms with Gasteiger partial charge in [0.25, 0.3) is 0 Å². The summed E-state index contributed by atoms with van der Waals surface area (Å²) in [6.07, 6.45) is 15.8. The number of nitrogens with zero attached hydrogens (tertiary/aromatic N) is 3. The fourth-order valence-corrected chi connectivity index (χ4v) is 7.48. The van der Waals surface area contributed by atoms with Crippen molar-refractivity contribution in [3.63, 3.8) is 0 Å². The molecule has 5 rings (SSSR count). The van der Waals surface area contributed by atoms with Gasteiger partial charge in [0.2, 0.25) is 0 Å². The zero-order valence-corrected chi connectivity index (χ0v) is 22.5. The molecule has 0 N–H and O–H groups in total. The van der Waals surface area contributed by atoms with Crippen LogP contribution in [0.3, 0.4) is 0 Å². The summed E-state index contributed by atoms with van der Waals surface area (Å²) in [4.78, 5) is 7.85. The Labute approximate surface area is 214 Å². The minimum Gasteiger partial charge on any atom is -0.383 e. The number of methoxy groups -OCH3 is 2. The summed E-state index contributed by atoms with van der Waals surface area (Å²) in [6, 6.07) is 7.49. The molecule has 2 aliphatic heterocycles. The van der Waals surface area contributed by atoms with E-state index in [1.807, 2.05) is 14.2 Å². The first-order chi connectivity index (χ1) is 17.2. The van der Waals surface area contributed by atoms with Crippen LogP contribution in [0, 0.1) is 5.41 Å². The Balaban J connectivity index is 1.32. The van der Waals surface area contributed by atoms with Crippen LogP contribution in [0.15, 0.2) is 18.2 Å². The SMILES string of the molecule is COCCN1CCN(c2ccc(N3CCC(OC)CC3)cc2C2CCC3(CCCCC3)CC2)CC1. The van der Waals surface area contributed by atoms with Gasteiger partial charge in [0.1, 0.15) is 0 Å². The van der Waals surface area contributed by atoms with E-state index >= 15 is 0 Å². The zero-order valence-electron chi connectivity index (χ0n) is 22.5. The van der Waals surface area contributed by atoms with Gasteiger partial charge in [0.05, 0.1) is 12.7 Å². The monoisotopic (exact) mass is 483 g/mol. The molecular weight excluding hydrogens is 434 g/mol. The van der Waals surface area contributed by atoms with Crippen LogP contribution < -0.4 is 9.80 Å². The lowest BCUT2D eigenvalue weighted by Gasteiger charge is -2.44. The first-order valence-electron chi connectivity index (χ1n) is 14.6. The van der Waals surface area contributed by atoms with Gasteiger partial charge in [-0.3, -0.25) is 4.90 Å². The highest BCUT2D eigenvalue weighted by molar-refractivity contribution is 5.63. The van der Waals surface area contributed by atoms with Gasteiger partial charge >= 0.3 is 0 Å². The van der Waals surface area contributed by atoms with Gasteiger partial charge in [-0.05, 0) is 86.5 Å². The van der Waals surface area contributed by atoms with E-state index in [0.29, 0.717) is 11.5 Å². The molecule has 4 fully saturated rings. The highest BCUT2D eigenvalue weighted by Gasteiger charge is 2.37. The number of anilines is 2. The van der Waals surface area contributed by atoms with Crippen LogP contribution in [0.5, 0.6) is 0 Å². The zero-order chi connectivity index (χ0) is 24.1. The highest BCUT2D eigenvalue weighted by Crippen LogP contribution is 2.52. The average molecular weight is 484 g/mol. The van der Waals surface area contributed by atoms with Crippen molar-refractivity contribution in [3.05, 3.63) is 23.8 Å². The van der Waals surface area contributed by atoms with Gasteiger partial charge in [-0.1, -0.05) is 19.3 Å². The molecule has 2 saturated carbocycles. The first-order valence-corrected chi connectivity index (χ1v) is 14.6. The number of benzene rings is 1. The summed E-state index contributed by atoms with van der Waals surface area (Å²) < 4.78 is 11.0. The van der Waals surface area contributed by atoms with Gasteiger partial charge in [-0.25, -0.2) is 0 Å². The summed E-state index contributed by atoms with van der Waals surface area (Å²) in [7, 11) is 3.67. The van der Waals surface area contributed by atoms with E-state index in [2.05, 4.69) is 32.9 Å². The summed E-state index contributed by atoms with van der Waals surface area (Å²) in [5.74, 6) is 0.723. The van der Waals surface area contributed by atoms with Gasteiger partial charge in [-0.2, -0.15) is 0 Å². The van der Waals surface area contributed by atoms with Gasteiger partial charge < -0.3 is 19.3 Å². The molecule has 1 aromatic rings. The van der Waals surface area contributed by atoms with Crippen molar-refractivity contribution in [2.75, 3.05) is 76.4 Å². The summed E-state index contributed by atoms with van der Waals surface area (Å²) in [6.45, 7) is 8.66. The maximum atomic E-state index is 5.64. The van der Waals surface area contributed by atoms with Crippen molar-refractivity contribution in [1.82, 2.24) is 4.90 Å². The molecule has 0 atom stereocenters. The van der Waals surface area contributed by atoms with E-state index in [1.165, 1.54) is 69.2 Å². The number of hydrogen-bond donors (Lipinski definition) is 0. The molecule has 4 aliphatic rings. The lowest BCUT2D eigenvalue weighted by atomic mass is 9.62. The molecular formula is C30H49N3O2. The van der Waals surface area contributed by atoms with Crippen LogP contribution in [-0.2, 0) is 9.47 Å². The molecule has 0 unspecified atom stereocenters. The molecule has 196 valence electrons. The topological polar surface area (TPSA) is 28.2 Å². The predicted octanol–water partition coefficient (Wildman–Crippen LogP) is 5.68. The van der Waals surface area contributed by atoms with Crippen LogP contribution in [0.4, 0.5) is 11.4 Å². The Kier molecular flexibility index (Phi) is 8.57. The minimum absolute atomic E-state index is 0.435. The molecule has 5 heteroatoms. The number of piperazine rings is 1. The second-order valence-electron chi connectivity index (χ2n) is 11.8. The molecule has 0 bridgehead atoms. The highest BCUT2D eigenvalue weighted by atomic mass is 16.5. The Morgan fingerprint density at radius 3 is 2.17 bits per heavy atom. The lowest BCUT2D eigenvalue weighted by molar-refractivity contribution is 0.0819. The van der Waals surface area contributed by atoms with E-state index in [-0.39, 0.29) is 0 Å². The second kappa shape index (κ2) is 11.8. The first kappa shape index (κ1) is 25.4. The molecule has 35 heavy (non-hydrogen) atoms. The molecule has 0 radical (unpaired) electrons. The third-order valence-electron chi connectivity index (χ3n) is 9.88. The Hall–Kier alpha value is -1.30. The summed E-state index contributed by atoms with van der Waals surface area (Å²) in [5.41, 5.74) is 5.29. The van der Waals surface area contributed by atoms with E-state index < -0.39 is 0 Å². The van der Waals surface area contributed by atoms with E-state index in [9.17, 15) is 0 Å². The van der Waals surface area contributed by atoms with Crippen molar-refractivity contribution in [2.45, 2.75) is 82.7 Å². The normalized spacial score (nSPS) is 24.9. The fraction of sp³-hybridized carbons (Fsp3) is 0.800. The van der Waals surface area contributed by atoms with E-state index in [4.69, 9.17) is 9.47 Å². The summed E-state index contributed by atoms with van der Waals surface area (Å²) >= 11 is 0. The minimum atomic E-state index is 0.435. The van der Waals surface area contributed by atoms with Crippen molar-refractivity contribution in [1.29, 1.82) is 0 Å². The quantitative estimate of drug-likeness (QED) is 0.498. The fourth-order valence-electron chi connectivity index (χ4n) is 7.48. The predicted molar refractivity (Wildman–Crippen MR) is 146 cm³/mol. The smallest absolute Gasteiger partial charge is 0.0605 e. The van der Waals surface area contributed by atoms with Crippen molar-refractivity contribution in [2.24, 2.45) is 5.41 Å². The summed E-state index contributed by atoms with van der Waals surface area (Å²) in [5, 5.41) is 0. The third-order valence-corrected chi connectivity index (χ3v) is 9.88. The van der Waals surface area contributed by atoms with Crippen molar-refractivity contribution >= 4 is 11.4 Å². The molecule has 5 nitrogen and oxygen atoms in total. The van der Waals surface area contributed by atoms with Gasteiger partial charge in [0.15, 0.2) is 0 Å².